The van der Waals surface area contributed by atoms with Gasteiger partial charge in [-0.15, -0.1) is 0 Å². The quantitative estimate of drug-likeness (QED) is 0.490. The molecule has 0 saturated carbocycles. The lowest BCUT2D eigenvalue weighted by molar-refractivity contribution is -0.131. The molecule has 0 unspecified atom stereocenters. The molecule has 0 aliphatic heterocycles. The Kier molecular flexibility index (Phi) is 7.16. The van der Waals surface area contributed by atoms with Gasteiger partial charge in [-0.1, -0.05) is 23.7 Å². The van der Waals surface area contributed by atoms with Gasteiger partial charge in [0.1, 0.15) is 19.0 Å². The van der Waals surface area contributed by atoms with E-state index in [4.69, 9.17) is 30.9 Å². The Morgan fingerprint density at radius 3 is 2.60 bits per heavy atom. The predicted octanol–water partition coefficient (Wildman–Crippen LogP) is 4.67. The van der Waals surface area contributed by atoms with Crippen LogP contribution in [0, 0.1) is 0 Å². The van der Waals surface area contributed by atoms with Crippen LogP contribution in [0.25, 0.3) is 6.08 Å². The molecule has 0 spiro atoms. The van der Waals surface area contributed by atoms with E-state index >= 15 is 0 Å². The fourth-order valence-corrected chi connectivity index (χ4v) is 2.77. The van der Waals surface area contributed by atoms with Gasteiger partial charge in [-0.05, 0) is 51.8 Å². The molecule has 0 fully saturated rings. The third-order valence-electron chi connectivity index (χ3n) is 3.09. The van der Waals surface area contributed by atoms with Crippen LogP contribution in [0.1, 0.15) is 5.56 Å². The number of hydrogen-bond acceptors (Lipinski definition) is 4. The lowest BCUT2D eigenvalue weighted by atomic mass is 10.2. The molecule has 1 N–H and O–H groups in total. The van der Waals surface area contributed by atoms with Crippen molar-refractivity contribution >= 4 is 39.6 Å². The number of carbonyl (C=O) groups is 1. The summed E-state index contributed by atoms with van der Waals surface area (Å²) in [5.41, 5.74) is 0.672. The van der Waals surface area contributed by atoms with Gasteiger partial charge in [0.15, 0.2) is 11.5 Å². The highest BCUT2D eigenvalue weighted by Gasteiger charge is 2.11. The van der Waals surface area contributed by atoms with Crippen molar-refractivity contribution in [1.82, 2.24) is 0 Å². The second-order valence-corrected chi connectivity index (χ2v) is 6.09. The van der Waals surface area contributed by atoms with E-state index in [2.05, 4.69) is 15.9 Å². The zero-order valence-corrected chi connectivity index (χ0v) is 15.7. The Bertz CT molecular complexity index is 776. The smallest absolute Gasteiger partial charge is 0.328 e. The summed E-state index contributed by atoms with van der Waals surface area (Å²) in [6, 6.07) is 10.6. The van der Waals surface area contributed by atoms with E-state index in [9.17, 15) is 4.79 Å². The first-order valence-corrected chi connectivity index (χ1v) is 8.47. The van der Waals surface area contributed by atoms with Crippen LogP contribution < -0.4 is 14.2 Å². The molecule has 0 atom stereocenters. The van der Waals surface area contributed by atoms with Crippen LogP contribution in [0.2, 0.25) is 5.02 Å². The van der Waals surface area contributed by atoms with Gasteiger partial charge in [0.25, 0.3) is 0 Å². The van der Waals surface area contributed by atoms with Gasteiger partial charge in [0.05, 0.1) is 16.6 Å². The summed E-state index contributed by atoms with van der Waals surface area (Å²) in [5.74, 6) is 0.565. The fourth-order valence-electron chi connectivity index (χ4n) is 2.00. The van der Waals surface area contributed by atoms with Gasteiger partial charge in [-0.25, -0.2) is 4.79 Å². The zero-order valence-electron chi connectivity index (χ0n) is 13.4. The van der Waals surface area contributed by atoms with Gasteiger partial charge < -0.3 is 19.3 Å². The lowest BCUT2D eigenvalue weighted by Crippen LogP contribution is -2.10. The minimum Gasteiger partial charge on any atom is -0.493 e. The molecule has 25 heavy (non-hydrogen) atoms. The van der Waals surface area contributed by atoms with Gasteiger partial charge in [-0.3, -0.25) is 0 Å². The van der Waals surface area contributed by atoms with Gasteiger partial charge >= 0.3 is 5.97 Å². The van der Waals surface area contributed by atoms with E-state index in [1.807, 2.05) is 12.1 Å². The van der Waals surface area contributed by atoms with Crippen LogP contribution in [-0.2, 0) is 4.79 Å². The van der Waals surface area contributed by atoms with Crippen LogP contribution in [0.15, 0.2) is 46.9 Å². The summed E-state index contributed by atoms with van der Waals surface area (Å²) in [7, 11) is 1.51. The Labute approximate surface area is 158 Å². The minimum absolute atomic E-state index is 0.282. The van der Waals surface area contributed by atoms with E-state index in [-0.39, 0.29) is 6.61 Å². The summed E-state index contributed by atoms with van der Waals surface area (Å²) < 4.78 is 17.2. The summed E-state index contributed by atoms with van der Waals surface area (Å²) in [6.45, 7) is 0.588. The van der Waals surface area contributed by atoms with Crippen LogP contribution in [-0.4, -0.2) is 31.4 Å². The third kappa shape index (κ3) is 5.69. The molecule has 132 valence electrons. The molecule has 5 nitrogen and oxygen atoms in total. The van der Waals surface area contributed by atoms with Crippen molar-refractivity contribution in [3.05, 3.63) is 57.5 Å². The van der Waals surface area contributed by atoms with Gasteiger partial charge in [0, 0.05) is 6.08 Å². The molecule has 7 heteroatoms. The van der Waals surface area contributed by atoms with Crippen molar-refractivity contribution < 1.29 is 24.1 Å². The van der Waals surface area contributed by atoms with Gasteiger partial charge in [-0.2, -0.15) is 0 Å². The molecule has 2 aromatic carbocycles. The van der Waals surface area contributed by atoms with E-state index < -0.39 is 5.97 Å². The van der Waals surface area contributed by atoms with E-state index in [1.165, 1.54) is 13.2 Å². The molecule has 2 rings (SSSR count). The Morgan fingerprint density at radius 2 is 1.92 bits per heavy atom. The second kappa shape index (κ2) is 9.34. The first-order valence-electron chi connectivity index (χ1n) is 7.30. The number of carboxylic acids is 1. The standard InChI is InChI=1S/C18H16BrClO5/c1-23-16-11-12(6-7-17(21)22)10-13(19)18(16)25-9-8-24-15-5-3-2-4-14(15)20/h2-7,10-11H,8-9H2,1H3,(H,21,22). The summed E-state index contributed by atoms with van der Waals surface area (Å²) in [6.07, 6.45) is 2.53. The maximum absolute atomic E-state index is 10.6. The summed E-state index contributed by atoms with van der Waals surface area (Å²) in [4.78, 5) is 10.6. The highest BCUT2D eigenvalue weighted by Crippen LogP contribution is 2.37. The monoisotopic (exact) mass is 426 g/mol. The Balaban J connectivity index is 2.01. The number of methoxy groups -OCH3 is 1. The lowest BCUT2D eigenvalue weighted by Gasteiger charge is -2.14. The number of halogens is 2. The molecule has 0 bridgehead atoms. The van der Waals surface area contributed by atoms with Crippen molar-refractivity contribution in [3.8, 4) is 17.2 Å². The number of carboxylic acid groups (broad SMARTS) is 1. The number of ether oxygens (including phenoxy) is 3. The molecule has 0 saturated heterocycles. The minimum atomic E-state index is -1.02. The average Bonchev–Trinajstić information content (AvgIpc) is 2.59. The topological polar surface area (TPSA) is 65.0 Å². The van der Waals surface area contributed by atoms with E-state index in [0.717, 1.165) is 6.08 Å². The number of aliphatic carboxylic acids is 1. The first kappa shape index (κ1) is 19.1. The fraction of sp³-hybridized carbons (Fsp3) is 0.167. The molecular formula is C18H16BrClO5. The third-order valence-corrected chi connectivity index (χ3v) is 4.00. The highest BCUT2D eigenvalue weighted by molar-refractivity contribution is 9.10. The maximum Gasteiger partial charge on any atom is 0.328 e. The molecule has 0 aromatic heterocycles. The SMILES string of the molecule is COc1cc(C=CC(=O)O)cc(Br)c1OCCOc1ccccc1Cl. The molecular weight excluding hydrogens is 412 g/mol. The zero-order chi connectivity index (χ0) is 18.2. The summed E-state index contributed by atoms with van der Waals surface area (Å²) >= 11 is 9.43. The van der Waals surface area contributed by atoms with E-state index in [0.29, 0.717) is 38.9 Å². The Hall–Kier alpha value is -2.18. The number of hydrogen-bond donors (Lipinski definition) is 1. The van der Waals surface area contributed by atoms with Crippen molar-refractivity contribution in [2.45, 2.75) is 0 Å². The molecule has 2 aromatic rings. The van der Waals surface area contributed by atoms with Crippen LogP contribution in [0.3, 0.4) is 0 Å². The molecule has 0 aliphatic carbocycles. The van der Waals surface area contributed by atoms with Crippen LogP contribution >= 0.6 is 27.5 Å². The molecule has 0 aliphatic rings. The largest absolute Gasteiger partial charge is 0.493 e. The predicted molar refractivity (Wildman–Crippen MR) is 99.8 cm³/mol. The molecule has 0 amide bonds. The summed E-state index contributed by atoms with van der Waals surface area (Å²) in [5, 5.41) is 9.24. The average molecular weight is 428 g/mol. The normalized spacial score (nSPS) is 10.7. The highest BCUT2D eigenvalue weighted by atomic mass is 79.9. The second-order valence-electron chi connectivity index (χ2n) is 4.83. The van der Waals surface area contributed by atoms with Crippen molar-refractivity contribution in [1.29, 1.82) is 0 Å². The van der Waals surface area contributed by atoms with Crippen molar-refractivity contribution in [2.24, 2.45) is 0 Å². The Morgan fingerprint density at radius 1 is 1.20 bits per heavy atom. The van der Waals surface area contributed by atoms with Crippen molar-refractivity contribution in [3.63, 3.8) is 0 Å². The molecule has 0 radical (unpaired) electrons. The van der Waals surface area contributed by atoms with Crippen molar-refractivity contribution in [2.75, 3.05) is 20.3 Å². The number of para-hydroxylation sites is 1. The maximum atomic E-state index is 10.6. The van der Waals surface area contributed by atoms with E-state index in [1.54, 1.807) is 24.3 Å². The number of benzene rings is 2. The van der Waals surface area contributed by atoms with Gasteiger partial charge in [0.2, 0.25) is 0 Å². The number of rotatable bonds is 8. The molecule has 0 heterocycles. The van der Waals surface area contributed by atoms with Crippen LogP contribution in [0.4, 0.5) is 0 Å². The van der Waals surface area contributed by atoms with Crippen LogP contribution in [0.5, 0.6) is 17.2 Å². The first-order chi connectivity index (χ1) is 12.0.